The van der Waals surface area contributed by atoms with Gasteiger partial charge in [-0.05, 0) is 23.6 Å². The third kappa shape index (κ3) is 2.71. The summed E-state index contributed by atoms with van der Waals surface area (Å²) < 4.78 is 0. The number of aromatic hydroxyl groups is 1. The van der Waals surface area contributed by atoms with Gasteiger partial charge in [-0.1, -0.05) is 12.1 Å². The number of aromatic nitrogens is 1. The van der Waals surface area contributed by atoms with Gasteiger partial charge in [-0.15, -0.1) is 22.7 Å². The lowest BCUT2D eigenvalue weighted by Gasteiger charge is -2.03. The molecule has 0 aliphatic carbocycles. The SMILES string of the molecule is O=C(Nc1cccc(O)c1)c1csc(-c2cccs2)n1. The minimum atomic E-state index is -0.283. The zero-order valence-electron chi connectivity index (χ0n) is 10.2. The molecule has 0 atom stereocenters. The summed E-state index contributed by atoms with van der Waals surface area (Å²) >= 11 is 3.03. The number of carbonyl (C=O) groups excluding carboxylic acids is 1. The van der Waals surface area contributed by atoms with Gasteiger partial charge in [0.15, 0.2) is 0 Å². The summed E-state index contributed by atoms with van der Waals surface area (Å²) in [6.07, 6.45) is 0. The number of anilines is 1. The smallest absolute Gasteiger partial charge is 0.275 e. The molecule has 0 spiro atoms. The highest BCUT2D eigenvalue weighted by atomic mass is 32.1. The molecule has 0 unspecified atom stereocenters. The molecule has 20 heavy (non-hydrogen) atoms. The van der Waals surface area contributed by atoms with Crippen LogP contribution in [0.15, 0.2) is 47.2 Å². The van der Waals surface area contributed by atoms with Gasteiger partial charge in [0, 0.05) is 17.1 Å². The van der Waals surface area contributed by atoms with E-state index in [0.29, 0.717) is 11.4 Å². The summed E-state index contributed by atoms with van der Waals surface area (Å²) in [5.41, 5.74) is 0.919. The molecule has 3 rings (SSSR count). The average molecular weight is 302 g/mol. The second-order valence-corrected chi connectivity index (χ2v) is 5.83. The normalized spacial score (nSPS) is 10.4. The van der Waals surface area contributed by atoms with Crippen molar-refractivity contribution in [3.05, 3.63) is 52.9 Å². The highest BCUT2D eigenvalue weighted by molar-refractivity contribution is 7.20. The third-order valence-corrected chi connectivity index (χ3v) is 4.45. The first-order valence-electron chi connectivity index (χ1n) is 5.82. The van der Waals surface area contributed by atoms with Gasteiger partial charge in [-0.2, -0.15) is 0 Å². The van der Waals surface area contributed by atoms with Crippen LogP contribution in [0.2, 0.25) is 0 Å². The number of thiophene rings is 1. The molecule has 2 N–H and O–H groups in total. The molecule has 3 aromatic rings. The van der Waals surface area contributed by atoms with Gasteiger partial charge in [0.05, 0.1) is 4.88 Å². The highest BCUT2D eigenvalue weighted by Gasteiger charge is 2.12. The van der Waals surface area contributed by atoms with Gasteiger partial charge in [0.2, 0.25) is 0 Å². The summed E-state index contributed by atoms with van der Waals surface area (Å²) in [5.74, 6) is -0.171. The molecule has 4 nitrogen and oxygen atoms in total. The van der Waals surface area contributed by atoms with Crippen molar-refractivity contribution in [2.75, 3.05) is 5.32 Å². The Labute approximate surface area is 123 Å². The minimum absolute atomic E-state index is 0.111. The molecule has 0 saturated carbocycles. The van der Waals surface area contributed by atoms with Crippen LogP contribution in [0, 0.1) is 0 Å². The molecule has 100 valence electrons. The number of nitrogens with zero attached hydrogens (tertiary/aromatic N) is 1. The van der Waals surface area contributed by atoms with Crippen LogP contribution in [0.3, 0.4) is 0 Å². The lowest BCUT2D eigenvalue weighted by Crippen LogP contribution is -2.12. The van der Waals surface area contributed by atoms with E-state index in [1.54, 1.807) is 34.9 Å². The largest absolute Gasteiger partial charge is 0.508 e. The number of thiazole rings is 1. The van der Waals surface area contributed by atoms with Crippen molar-refractivity contribution in [3.63, 3.8) is 0 Å². The Balaban J connectivity index is 1.78. The first-order valence-corrected chi connectivity index (χ1v) is 7.58. The average Bonchev–Trinajstić information content (AvgIpc) is 3.10. The second kappa shape index (κ2) is 5.44. The number of hydrogen-bond acceptors (Lipinski definition) is 5. The van der Waals surface area contributed by atoms with Crippen molar-refractivity contribution in [2.24, 2.45) is 0 Å². The number of phenols is 1. The molecule has 1 amide bonds. The zero-order chi connectivity index (χ0) is 13.9. The maximum atomic E-state index is 12.1. The van der Waals surface area contributed by atoms with Gasteiger partial charge in [-0.25, -0.2) is 4.98 Å². The van der Waals surface area contributed by atoms with Crippen LogP contribution in [0.4, 0.5) is 5.69 Å². The van der Waals surface area contributed by atoms with E-state index in [-0.39, 0.29) is 11.7 Å². The summed E-state index contributed by atoms with van der Waals surface area (Å²) in [4.78, 5) is 17.4. The molecule has 6 heteroatoms. The maximum absolute atomic E-state index is 12.1. The highest BCUT2D eigenvalue weighted by Crippen LogP contribution is 2.28. The molecule has 0 fully saturated rings. The maximum Gasteiger partial charge on any atom is 0.275 e. The summed E-state index contributed by atoms with van der Waals surface area (Å²) in [6, 6.07) is 10.3. The topological polar surface area (TPSA) is 62.2 Å². The fourth-order valence-corrected chi connectivity index (χ4v) is 3.28. The van der Waals surface area contributed by atoms with E-state index in [4.69, 9.17) is 0 Å². The molecular formula is C14H10N2O2S2. The van der Waals surface area contributed by atoms with Gasteiger partial charge in [0.25, 0.3) is 5.91 Å². The van der Waals surface area contributed by atoms with Crippen molar-refractivity contribution in [1.82, 2.24) is 4.98 Å². The number of benzene rings is 1. The van der Waals surface area contributed by atoms with Gasteiger partial charge >= 0.3 is 0 Å². The number of nitrogens with one attached hydrogen (secondary N) is 1. The molecule has 2 aromatic heterocycles. The Morgan fingerprint density at radius 2 is 2.10 bits per heavy atom. The van der Waals surface area contributed by atoms with E-state index in [1.807, 2.05) is 17.5 Å². The monoisotopic (exact) mass is 302 g/mol. The summed E-state index contributed by atoms with van der Waals surface area (Å²) in [6.45, 7) is 0. The number of phenolic OH excluding ortho intramolecular Hbond substituents is 1. The molecule has 1 aromatic carbocycles. The van der Waals surface area contributed by atoms with Crippen LogP contribution in [0.5, 0.6) is 5.75 Å². The van der Waals surface area contributed by atoms with E-state index in [2.05, 4.69) is 10.3 Å². The third-order valence-electron chi connectivity index (χ3n) is 2.57. The standard InChI is InChI=1S/C14H10N2O2S2/c17-10-4-1-3-9(7-10)15-13(18)11-8-20-14(16-11)12-5-2-6-19-12/h1-8,17H,(H,15,18). The number of carbonyl (C=O) groups is 1. The zero-order valence-corrected chi connectivity index (χ0v) is 11.9. The fourth-order valence-electron chi connectivity index (χ4n) is 1.67. The molecule has 0 saturated heterocycles. The van der Waals surface area contributed by atoms with Crippen molar-refractivity contribution in [2.45, 2.75) is 0 Å². The predicted octanol–water partition coefficient (Wildman–Crippen LogP) is 3.83. The molecule has 0 bridgehead atoms. The quantitative estimate of drug-likeness (QED) is 0.773. The van der Waals surface area contributed by atoms with Crippen molar-refractivity contribution >= 4 is 34.3 Å². The van der Waals surface area contributed by atoms with Crippen LogP contribution >= 0.6 is 22.7 Å². The number of rotatable bonds is 3. The van der Waals surface area contributed by atoms with Crippen LogP contribution in [0.1, 0.15) is 10.5 Å². The van der Waals surface area contributed by atoms with Crippen molar-refractivity contribution in [3.8, 4) is 15.6 Å². The van der Waals surface area contributed by atoms with Crippen LogP contribution in [-0.2, 0) is 0 Å². The van der Waals surface area contributed by atoms with E-state index >= 15 is 0 Å². The Bertz CT molecular complexity index is 735. The van der Waals surface area contributed by atoms with Crippen LogP contribution in [0.25, 0.3) is 9.88 Å². The Morgan fingerprint density at radius 1 is 1.20 bits per heavy atom. The molecule has 0 radical (unpaired) electrons. The fraction of sp³-hybridized carbons (Fsp3) is 0. The van der Waals surface area contributed by atoms with Gasteiger partial charge < -0.3 is 10.4 Å². The van der Waals surface area contributed by atoms with E-state index < -0.39 is 0 Å². The van der Waals surface area contributed by atoms with Crippen LogP contribution in [-0.4, -0.2) is 16.0 Å². The Hall–Kier alpha value is -2.18. The number of amides is 1. The van der Waals surface area contributed by atoms with Gasteiger partial charge in [0.1, 0.15) is 16.5 Å². The Morgan fingerprint density at radius 3 is 2.85 bits per heavy atom. The molecule has 2 heterocycles. The minimum Gasteiger partial charge on any atom is -0.508 e. The van der Waals surface area contributed by atoms with E-state index in [1.165, 1.54) is 17.4 Å². The second-order valence-electron chi connectivity index (χ2n) is 4.02. The lowest BCUT2D eigenvalue weighted by atomic mass is 10.3. The van der Waals surface area contributed by atoms with Crippen molar-refractivity contribution in [1.29, 1.82) is 0 Å². The summed E-state index contributed by atoms with van der Waals surface area (Å²) in [5, 5.41) is 16.6. The lowest BCUT2D eigenvalue weighted by molar-refractivity contribution is 0.102. The first-order chi connectivity index (χ1) is 9.72. The summed E-state index contributed by atoms with van der Waals surface area (Å²) in [7, 11) is 0. The van der Waals surface area contributed by atoms with Gasteiger partial charge in [-0.3, -0.25) is 4.79 Å². The van der Waals surface area contributed by atoms with E-state index in [9.17, 15) is 9.90 Å². The molecular weight excluding hydrogens is 292 g/mol. The van der Waals surface area contributed by atoms with E-state index in [0.717, 1.165) is 9.88 Å². The van der Waals surface area contributed by atoms with Crippen LogP contribution < -0.4 is 5.32 Å². The predicted molar refractivity (Wildman–Crippen MR) is 81.5 cm³/mol. The molecule has 0 aliphatic heterocycles. The first kappa shape index (κ1) is 12.8. The number of hydrogen-bond donors (Lipinski definition) is 2. The molecule has 0 aliphatic rings. The van der Waals surface area contributed by atoms with Crippen molar-refractivity contribution < 1.29 is 9.90 Å². The Kier molecular flexibility index (Phi) is 3.49.